The third-order valence-electron chi connectivity index (χ3n) is 3.21. The average Bonchev–Trinajstić information content (AvgIpc) is 2.58. The summed E-state index contributed by atoms with van der Waals surface area (Å²) in [5.41, 5.74) is 1.11. The summed E-state index contributed by atoms with van der Waals surface area (Å²) in [6, 6.07) is 8.10. The van der Waals surface area contributed by atoms with Crippen LogP contribution in [0, 0.1) is 0 Å². The van der Waals surface area contributed by atoms with Crippen LogP contribution < -0.4 is 4.74 Å². The standard InChI is InChI=1S/C14H19ClO/c15-11-12-7-5-6-10-14(12)16-13-8-3-1-2-4-9-13/h5-7,10,13H,1-4,8-9,11H2. The summed E-state index contributed by atoms with van der Waals surface area (Å²) in [5.74, 6) is 1.51. The maximum atomic E-state index is 6.07. The smallest absolute Gasteiger partial charge is 0.124 e. The van der Waals surface area contributed by atoms with Gasteiger partial charge in [0.25, 0.3) is 0 Å². The fraction of sp³-hybridized carbons (Fsp3) is 0.571. The van der Waals surface area contributed by atoms with E-state index in [0.29, 0.717) is 12.0 Å². The SMILES string of the molecule is ClCc1ccccc1OC1CCCCCC1. The van der Waals surface area contributed by atoms with Gasteiger partial charge in [-0.2, -0.15) is 0 Å². The largest absolute Gasteiger partial charge is 0.490 e. The van der Waals surface area contributed by atoms with E-state index < -0.39 is 0 Å². The summed E-state index contributed by atoms with van der Waals surface area (Å²) < 4.78 is 6.07. The highest BCUT2D eigenvalue weighted by molar-refractivity contribution is 6.17. The number of halogens is 1. The van der Waals surface area contributed by atoms with Gasteiger partial charge >= 0.3 is 0 Å². The molecular formula is C14H19ClO. The van der Waals surface area contributed by atoms with Crippen LogP contribution in [0.1, 0.15) is 44.1 Å². The van der Waals surface area contributed by atoms with Gasteiger partial charge in [-0.05, 0) is 31.7 Å². The molecule has 1 aliphatic rings. The number of alkyl halides is 1. The summed E-state index contributed by atoms with van der Waals surface area (Å²) in [5, 5.41) is 0. The number of hydrogen-bond acceptors (Lipinski definition) is 1. The molecule has 1 fully saturated rings. The van der Waals surface area contributed by atoms with Crippen molar-refractivity contribution in [2.45, 2.75) is 50.5 Å². The third-order valence-corrected chi connectivity index (χ3v) is 3.50. The van der Waals surface area contributed by atoms with E-state index in [1.54, 1.807) is 0 Å². The molecule has 1 nitrogen and oxygen atoms in total. The fourth-order valence-electron chi connectivity index (χ4n) is 2.27. The van der Waals surface area contributed by atoms with Crippen LogP contribution in [0.3, 0.4) is 0 Å². The maximum Gasteiger partial charge on any atom is 0.124 e. The molecule has 0 aromatic heterocycles. The van der Waals surface area contributed by atoms with Crippen molar-refractivity contribution >= 4 is 11.6 Å². The molecule has 16 heavy (non-hydrogen) atoms. The molecule has 0 aliphatic heterocycles. The summed E-state index contributed by atoms with van der Waals surface area (Å²) in [6.45, 7) is 0. The van der Waals surface area contributed by atoms with E-state index in [1.807, 2.05) is 24.3 Å². The Morgan fingerprint density at radius 1 is 1.06 bits per heavy atom. The molecule has 2 heteroatoms. The molecule has 0 atom stereocenters. The molecule has 0 radical (unpaired) electrons. The Kier molecular flexibility index (Phi) is 4.53. The van der Waals surface area contributed by atoms with E-state index in [-0.39, 0.29) is 0 Å². The number of para-hydroxylation sites is 1. The molecule has 0 N–H and O–H groups in total. The molecule has 0 amide bonds. The first kappa shape index (κ1) is 11.8. The van der Waals surface area contributed by atoms with Crippen LogP contribution in [0.15, 0.2) is 24.3 Å². The van der Waals surface area contributed by atoms with E-state index in [0.717, 1.165) is 11.3 Å². The molecule has 0 bridgehead atoms. The van der Waals surface area contributed by atoms with Crippen molar-refractivity contribution in [1.29, 1.82) is 0 Å². The maximum absolute atomic E-state index is 6.07. The summed E-state index contributed by atoms with van der Waals surface area (Å²) in [6.07, 6.45) is 8.09. The van der Waals surface area contributed by atoms with Gasteiger partial charge < -0.3 is 4.74 Å². The van der Waals surface area contributed by atoms with Gasteiger partial charge in [0, 0.05) is 5.56 Å². The second-order valence-electron chi connectivity index (χ2n) is 4.47. The first-order chi connectivity index (χ1) is 7.90. The van der Waals surface area contributed by atoms with Crippen LogP contribution in [0.2, 0.25) is 0 Å². The zero-order valence-electron chi connectivity index (χ0n) is 9.62. The lowest BCUT2D eigenvalue weighted by Gasteiger charge is -2.18. The van der Waals surface area contributed by atoms with Crippen molar-refractivity contribution in [3.63, 3.8) is 0 Å². The van der Waals surface area contributed by atoms with Crippen LogP contribution in [0.4, 0.5) is 0 Å². The Labute approximate surface area is 103 Å². The number of hydrogen-bond donors (Lipinski definition) is 0. The zero-order chi connectivity index (χ0) is 11.2. The van der Waals surface area contributed by atoms with Crippen molar-refractivity contribution in [3.05, 3.63) is 29.8 Å². The average molecular weight is 239 g/mol. The molecule has 2 rings (SSSR count). The van der Waals surface area contributed by atoms with Crippen LogP contribution >= 0.6 is 11.6 Å². The Morgan fingerprint density at radius 3 is 2.44 bits per heavy atom. The topological polar surface area (TPSA) is 9.23 Å². The van der Waals surface area contributed by atoms with Gasteiger partial charge in [-0.25, -0.2) is 0 Å². The lowest BCUT2D eigenvalue weighted by atomic mass is 10.1. The molecule has 1 aliphatic carbocycles. The van der Waals surface area contributed by atoms with Crippen LogP contribution in [-0.2, 0) is 5.88 Å². The molecule has 1 aromatic rings. The van der Waals surface area contributed by atoms with Crippen LogP contribution in [0.5, 0.6) is 5.75 Å². The van der Waals surface area contributed by atoms with Crippen molar-refractivity contribution in [2.75, 3.05) is 0 Å². The van der Waals surface area contributed by atoms with Crippen molar-refractivity contribution in [3.8, 4) is 5.75 Å². The van der Waals surface area contributed by atoms with Gasteiger partial charge in [-0.1, -0.05) is 31.0 Å². The van der Waals surface area contributed by atoms with Gasteiger partial charge in [0.1, 0.15) is 5.75 Å². The molecule has 1 aromatic carbocycles. The number of rotatable bonds is 3. The highest BCUT2D eigenvalue weighted by Gasteiger charge is 2.14. The summed E-state index contributed by atoms with van der Waals surface area (Å²) >= 11 is 5.90. The van der Waals surface area contributed by atoms with Gasteiger partial charge in [0.05, 0.1) is 12.0 Å². The van der Waals surface area contributed by atoms with Crippen molar-refractivity contribution in [1.82, 2.24) is 0 Å². The lowest BCUT2D eigenvalue weighted by molar-refractivity contribution is 0.182. The molecule has 0 spiro atoms. The van der Waals surface area contributed by atoms with E-state index in [4.69, 9.17) is 16.3 Å². The minimum Gasteiger partial charge on any atom is -0.490 e. The molecular weight excluding hydrogens is 220 g/mol. The Bertz CT molecular complexity index is 316. The fourth-order valence-corrected chi connectivity index (χ4v) is 2.49. The quantitative estimate of drug-likeness (QED) is 0.556. The minimum atomic E-state index is 0.395. The van der Waals surface area contributed by atoms with E-state index in [1.165, 1.54) is 38.5 Å². The first-order valence-corrected chi connectivity index (χ1v) is 6.74. The Morgan fingerprint density at radius 2 is 1.75 bits per heavy atom. The van der Waals surface area contributed by atoms with Crippen LogP contribution in [-0.4, -0.2) is 6.10 Å². The Hall–Kier alpha value is -0.690. The van der Waals surface area contributed by atoms with Gasteiger partial charge in [0.15, 0.2) is 0 Å². The Balaban J connectivity index is 2.01. The molecule has 1 saturated carbocycles. The lowest BCUT2D eigenvalue weighted by Crippen LogP contribution is -2.15. The highest BCUT2D eigenvalue weighted by atomic mass is 35.5. The highest BCUT2D eigenvalue weighted by Crippen LogP contribution is 2.26. The normalized spacial score (nSPS) is 18.1. The second kappa shape index (κ2) is 6.15. The van der Waals surface area contributed by atoms with E-state index in [2.05, 4.69) is 0 Å². The number of ether oxygens (including phenoxy) is 1. The predicted molar refractivity (Wildman–Crippen MR) is 68.1 cm³/mol. The summed E-state index contributed by atoms with van der Waals surface area (Å²) in [7, 11) is 0. The zero-order valence-corrected chi connectivity index (χ0v) is 10.4. The molecule has 0 heterocycles. The number of benzene rings is 1. The van der Waals surface area contributed by atoms with Crippen molar-refractivity contribution < 1.29 is 4.74 Å². The monoisotopic (exact) mass is 238 g/mol. The van der Waals surface area contributed by atoms with E-state index in [9.17, 15) is 0 Å². The van der Waals surface area contributed by atoms with Crippen molar-refractivity contribution in [2.24, 2.45) is 0 Å². The minimum absolute atomic E-state index is 0.395. The van der Waals surface area contributed by atoms with E-state index >= 15 is 0 Å². The van der Waals surface area contributed by atoms with Crippen LogP contribution in [0.25, 0.3) is 0 Å². The van der Waals surface area contributed by atoms with Gasteiger partial charge in [-0.3, -0.25) is 0 Å². The van der Waals surface area contributed by atoms with Gasteiger partial charge in [0.2, 0.25) is 0 Å². The predicted octanol–water partition coefficient (Wildman–Crippen LogP) is 4.53. The molecule has 0 unspecified atom stereocenters. The molecule has 88 valence electrons. The molecule has 0 saturated heterocycles. The van der Waals surface area contributed by atoms with Gasteiger partial charge in [-0.15, -0.1) is 11.6 Å². The third kappa shape index (κ3) is 3.15. The first-order valence-electron chi connectivity index (χ1n) is 6.20. The second-order valence-corrected chi connectivity index (χ2v) is 4.74. The summed E-state index contributed by atoms with van der Waals surface area (Å²) in [4.78, 5) is 0.